The number of aromatic hydroxyl groups is 2. The molecule has 24 heavy (non-hydrogen) atoms. The van der Waals surface area contributed by atoms with Crippen molar-refractivity contribution in [2.75, 3.05) is 0 Å². The van der Waals surface area contributed by atoms with Crippen molar-refractivity contribution >= 4 is 0 Å². The quantitative estimate of drug-likeness (QED) is 0.657. The highest BCUT2D eigenvalue weighted by molar-refractivity contribution is 5.50. The lowest BCUT2D eigenvalue weighted by Crippen LogP contribution is -2.28. The topological polar surface area (TPSA) is 40.5 Å². The second-order valence-electron chi connectivity index (χ2n) is 11.1. The van der Waals surface area contributed by atoms with E-state index in [0.717, 1.165) is 24.0 Å². The average molecular weight is 335 g/mol. The smallest absolute Gasteiger partial charge is 0.123 e. The summed E-state index contributed by atoms with van der Waals surface area (Å²) in [5.74, 6) is 0.383. The lowest BCUT2D eigenvalue weighted by molar-refractivity contribution is 0.271. The SMILES string of the molecule is CC(C)(C)CC(C)(C)c1cc(C(C)(C)CC(C)(C)C)c(O)cc1O. The van der Waals surface area contributed by atoms with Crippen molar-refractivity contribution in [1.82, 2.24) is 0 Å². The Hall–Kier alpha value is -1.18. The zero-order chi connectivity index (χ0) is 19.1. The summed E-state index contributed by atoms with van der Waals surface area (Å²) in [6, 6.07) is 3.56. The van der Waals surface area contributed by atoms with Gasteiger partial charge in [0.15, 0.2) is 0 Å². The predicted octanol–water partition coefficient (Wildman–Crippen LogP) is 6.53. The summed E-state index contributed by atoms with van der Waals surface area (Å²) in [5, 5.41) is 21.0. The molecule has 0 radical (unpaired) electrons. The molecule has 0 spiro atoms. The van der Waals surface area contributed by atoms with E-state index in [1.165, 1.54) is 6.07 Å². The normalized spacial score (nSPS) is 14.1. The van der Waals surface area contributed by atoms with E-state index in [2.05, 4.69) is 69.2 Å². The highest BCUT2D eigenvalue weighted by Gasteiger charge is 2.34. The van der Waals surface area contributed by atoms with Crippen LogP contribution in [-0.4, -0.2) is 10.2 Å². The highest BCUT2D eigenvalue weighted by atomic mass is 16.3. The van der Waals surface area contributed by atoms with E-state index in [4.69, 9.17) is 0 Å². The molecule has 0 aliphatic carbocycles. The first kappa shape index (κ1) is 20.9. The van der Waals surface area contributed by atoms with Gasteiger partial charge in [0.05, 0.1) is 0 Å². The van der Waals surface area contributed by atoms with Gasteiger partial charge in [-0.15, -0.1) is 0 Å². The third-order valence-electron chi connectivity index (χ3n) is 4.52. The van der Waals surface area contributed by atoms with Crippen LogP contribution in [0.2, 0.25) is 0 Å². The third kappa shape index (κ3) is 5.43. The molecule has 1 aromatic carbocycles. The summed E-state index contributed by atoms with van der Waals surface area (Å²) in [4.78, 5) is 0. The standard InChI is InChI=1S/C22H38O2/c1-19(2,3)13-21(7,8)15-11-16(18(24)12-17(15)23)22(9,10)14-20(4,5)6/h11-12,23-24H,13-14H2,1-10H3. The highest BCUT2D eigenvalue weighted by Crippen LogP contribution is 2.46. The lowest BCUT2D eigenvalue weighted by Gasteiger charge is -2.37. The first-order valence-corrected chi connectivity index (χ1v) is 9.02. The van der Waals surface area contributed by atoms with Crippen LogP contribution in [0.15, 0.2) is 12.1 Å². The first-order chi connectivity index (χ1) is 10.4. The molecule has 2 nitrogen and oxygen atoms in total. The molecule has 1 aromatic rings. The van der Waals surface area contributed by atoms with Crippen molar-refractivity contribution in [2.24, 2.45) is 10.8 Å². The van der Waals surface area contributed by atoms with E-state index < -0.39 is 0 Å². The Morgan fingerprint density at radius 1 is 0.583 bits per heavy atom. The fraction of sp³-hybridized carbons (Fsp3) is 0.727. The predicted molar refractivity (Wildman–Crippen MR) is 104 cm³/mol. The summed E-state index contributed by atoms with van der Waals surface area (Å²) < 4.78 is 0. The Kier molecular flexibility index (Phi) is 5.46. The zero-order valence-corrected chi connectivity index (χ0v) is 17.5. The zero-order valence-electron chi connectivity index (χ0n) is 17.5. The summed E-state index contributed by atoms with van der Waals surface area (Å²) in [6.45, 7) is 22.0. The fourth-order valence-electron chi connectivity index (χ4n) is 4.50. The average Bonchev–Trinajstić information content (AvgIpc) is 2.20. The molecule has 0 heterocycles. The molecular weight excluding hydrogens is 296 g/mol. The van der Waals surface area contributed by atoms with Crippen LogP contribution in [0.25, 0.3) is 0 Å². The van der Waals surface area contributed by atoms with Gasteiger partial charge >= 0.3 is 0 Å². The summed E-state index contributed by atoms with van der Waals surface area (Å²) in [5.41, 5.74) is 1.84. The molecule has 0 atom stereocenters. The van der Waals surface area contributed by atoms with E-state index in [-0.39, 0.29) is 33.2 Å². The molecule has 0 amide bonds. The van der Waals surface area contributed by atoms with Crippen LogP contribution in [0.1, 0.15) is 93.2 Å². The molecule has 0 aliphatic heterocycles. The van der Waals surface area contributed by atoms with Gasteiger partial charge < -0.3 is 10.2 Å². The maximum absolute atomic E-state index is 10.5. The molecule has 0 fully saturated rings. The molecule has 1 rings (SSSR count). The number of phenolic OH excluding ortho intramolecular Hbond substituents is 2. The van der Waals surface area contributed by atoms with Crippen LogP contribution in [0.3, 0.4) is 0 Å². The van der Waals surface area contributed by atoms with E-state index >= 15 is 0 Å². The maximum atomic E-state index is 10.5. The second kappa shape index (κ2) is 6.28. The van der Waals surface area contributed by atoms with Crippen LogP contribution < -0.4 is 0 Å². The van der Waals surface area contributed by atoms with Crippen molar-refractivity contribution in [2.45, 2.75) is 92.9 Å². The monoisotopic (exact) mass is 334 g/mol. The fourth-order valence-corrected chi connectivity index (χ4v) is 4.50. The molecule has 0 unspecified atom stereocenters. The third-order valence-corrected chi connectivity index (χ3v) is 4.52. The van der Waals surface area contributed by atoms with Gasteiger partial charge in [-0.25, -0.2) is 0 Å². The van der Waals surface area contributed by atoms with Gasteiger partial charge in [-0.1, -0.05) is 69.2 Å². The minimum absolute atomic E-state index is 0.162. The Labute approximate surface area is 149 Å². The molecule has 0 aliphatic rings. The molecule has 0 bridgehead atoms. The number of hydrogen-bond donors (Lipinski definition) is 2. The van der Waals surface area contributed by atoms with Crippen molar-refractivity contribution in [3.05, 3.63) is 23.3 Å². The number of phenols is 2. The summed E-state index contributed by atoms with van der Waals surface area (Å²) in [6.07, 6.45) is 1.91. The van der Waals surface area contributed by atoms with Gasteiger partial charge in [-0.2, -0.15) is 0 Å². The van der Waals surface area contributed by atoms with Gasteiger partial charge in [-0.05, 0) is 40.6 Å². The van der Waals surface area contributed by atoms with E-state index in [0.29, 0.717) is 0 Å². The van der Waals surface area contributed by atoms with Crippen molar-refractivity contribution < 1.29 is 10.2 Å². The van der Waals surface area contributed by atoms with E-state index in [9.17, 15) is 10.2 Å². The van der Waals surface area contributed by atoms with Crippen molar-refractivity contribution in [1.29, 1.82) is 0 Å². The van der Waals surface area contributed by atoms with Crippen LogP contribution in [0.4, 0.5) is 0 Å². The summed E-state index contributed by atoms with van der Waals surface area (Å²) in [7, 11) is 0. The molecule has 2 heteroatoms. The van der Waals surface area contributed by atoms with Crippen LogP contribution in [0, 0.1) is 10.8 Å². The van der Waals surface area contributed by atoms with Crippen molar-refractivity contribution in [3.63, 3.8) is 0 Å². The van der Waals surface area contributed by atoms with Gasteiger partial charge in [0.1, 0.15) is 11.5 Å². The lowest BCUT2D eigenvalue weighted by atomic mass is 9.68. The van der Waals surface area contributed by atoms with Crippen LogP contribution in [-0.2, 0) is 10.8 Å². The summed E-state index contributed by atoms with van der Waals surface area (Å²) >= 11 is 0. The minimum Gasteiger partial charge on any atom is -0.508 e. The molecule has 0 saturated heterocycles. The Balaban J connectivity index is 3.42. The number of benzene rings is 1. The van der Waals surface area contributed by atoms with Gasteiger partial charge in [0, 0.05) is 17.2 Å². The van der Waals surface area contributed by atoms with Gasteiger partial charge in [0.25, 0.3) is 0 Å². The molecule has 138 valence electrons. The van der Waals surface area contributed by atoms with E-state index in [1.54, 1.807) is 0 Å². The van der Waals surface area contributed by atoms with Gasteiger partial charge in [-0.3, -0.25) is 0 Å². The number of hydrogen-bond acceptors (Lipinski definition) is 2. The first-order valence-electron chi connectivity index (χ1n) is 9.02. The minimum atomic E-state index is -0.164. The molecule has 2 N–H and O–H groups in total. The van der Waals surface area contributed by atoms with Crippen LogP contribution in [0.5, 0.6) is 11.5 Å². The number of rotatable bonds is 4. The molecule has 0 saturated carbocycles. The molecular formula is C22H38O2. The molecule has 0 aromatic heterocycles. The van der Waals surface area contributed by atoms with E-state index in [1.807, 2.05) is 6.07 Å². The second-order valence-corrected chi connectivity index (χ2v) is 11.1. The Bertz CT molecular complexity index is 532. The van der Waals surface area contributed by atoms with Crippen molar-refractivity contribution in [3.8, 4) is 11.5 Å². The maximum Gasteiger partial charge on any atom is 0.123 e. The largest absolute Gasteiger partial charge is 0.508 e. The van der Waals surface area contributed by atoms with Gasteiger partial charge in [0.2, 0.25) is 0 Å². The van der Waals surface area contributed by atoms with Crippen LogP contribution >= 0.6 is 0 Å². The Morgan fingerprint density at radius 2 is 0.875 bits per heavy atom. The Morgan fingerprint density at radius 3 is 1.12 bits per heavy atom.